The van der Waals surface area contributed by atoms with Crippen LogP contribution >= 0.6 is 0 Å². The maximum absolute atomic E-state index is 3.78. The van der Waals surface area contributed by atoms with Crippen LogP contribution in [0.5, 0.6) is 0 Å². The molecule has 0 N–H and O–H groups in total. The highest BCUT2D eigenvalue weighted by molar-refractivity contribution is 5.47. The molecule has 0 amide bonds. The Morgan fingerprint density at radius 3 is 2.20 bits per heavy atom. The number of hydrogen-bond acceptors (Lipinski definition) is 4. The van der Waals surface area contributed by atoms with Crippen molar-refractivity contribution in [2.75, 3.05) is 0 Å². The molecule has 0 bridgehead atoms. The van der Waals surface area contributed by atoms with E-state index >= 15 is 0 Å². The fourth-order valence-electron chi connectivity index (χ4n) is 1.08. The van der Waals surface area contributed by atoms with E-state index in [4.69, 9.17) is 0 Å². The van der Waals surface area contributed by atoms with Crippen molar-refractivity contribution in [1.82, 2.24) is 0 Å². The van der Waals surface area contributed by atoms with Gasteiger partial charge in [-0.15, -0.1) is 10.2 Å². The molecule has 2 aliphatic rings. The first-order valence-electron chi connectivity index (χ1n) is 5.04. The fourth-order valence-corrected chi connectivity index (χ4v) is 1.08. The first-order chi connectivity index (χ1) is 7.29. The molecule has 0 aromatic heterocycles. The molecule has 1 radical (unpaired) electrons. The molecule has 0 spiro atoms. The Hall–Kier alpha value is -1.58. The van der Waals surface area contributed by atoms with Crippen LogP contribution in [0.25, 0.3) is 0 Å². The van der Waals surface area contributed by atoms with Crippen LogP contribution in [0.2, 0.25) is 0 Å². The van der Waals surface area contributed by atoms with Gasteiger partial charge < -0.3 is 0 Å². The van der Waals surface area contributed by atoms with Gasteiger partial charge in [0.25, 0.3) is 0 Å². The summed E-state index contributed by atoms with van der Waals surface area (Å²) < 4.78 is 0. The Bertz CT molecular complexity index is 345. The van der Waals surface area contributed by atoms with E-state index in [2.05, 4.69) is 34.5 Å². The molecule has 0 aromatic rings. The van der Waals surface area contributed by atoms with Crippen LogP contribution in [0.4, 0.5) is 0 Å². The molecule has 4 heteroatoms. The highest BCUT2D eigenvalue weighted by Gasteiger charge is 2.11. The number of allylic oxidation sites excluding steroid dienone is 5. The zero-order valence-corrected chi connectivity index (χ0v) is 9.31. The van der Waals surface area contributed by atoms with E-state index in [9.17, 15) is 0 Å². The summed E-state index contributed by atoms with van der Waals surface area (Å²) in [5.41, 5.74) is 2.12. The van der Waals surface area contributed by atoms with Gasteiger partial charge in [-0.25, -0.2) is 0 Å². The van der Waals surface area contributed by atoms with Crippen molar-refractivity contribution in [2.24, 2.45) is 20.7 Å². The molecule has 0 saturated carbocycles. The number of nitrogens with zero attached hydrogens (tertiary/aromatic N) is 4. The van der Waals surface area contributed by atoms with Gasteiger partial charge >= 0.3 is 0 Å². The van der Waals surface area contributed by atoms with E-state index in [1.54, 1.807) is 0 Å². The van der Waals surface area contributed by atoms with Crippen molar-refractivity contribution in [3.8, 4) is 0 Å². The Morgan fingerprint density at radius 1 is 1.07 bits per heavy atom. The summed E-state index contributed by atoms with van der Waals surface area (Å²) in [7, 11) is 0. The monoisotopic (exact) mass is 203 g/mol. The van der Waals surface area contributed by atoms with E-state index < -0.39 is 0 Å². The molecule has 0 saturated heterocycles. The fraction of sp³-hybridized carbons (Fsp3) is 0.364. The summed E-state index contributed by atoms with van der Waals surface area (Å²) in [6.45, 7) is 6.26. The van der Waals surface area contributed by atoms with E-state index in [-0.39, 0.29) is 0 Å². The molecule has 1 aliphatic carbocycles. The summed E-state index contributed by atoms with van der Waals surface area (Å²) in [5.74, 6) is 0.591. The van der Waals surface area contributed by atoms with Crippen LogP contribution in [0.3, 0.4) is 0 Å². The van der Waals surface area contributed by atoms with Gasteiger partial charge in [0.15, 0.2) is 0 Å². The lowest BCUT2D eigenvalue weighted by atomic mass is 10.00. The van der Waals surface area contributed by atoms with Gasteiger partial charge in [0.05, 0.1) is 0 Å². The molecule has 15 heavy (non-hydrogen) atoms. The lowest BCUT2D eigenvalue weighted by Gasteiger charge is -2.07. The first kappa shape index (κ1) is 11.5. The second-order valence-electron chi connectivity index (χ2n) is 3.22. The van der Waals surface area contributed by atoms with E-state index in [1.165, 1.54) is 6.42 Å². The maximum Gasteiger partial charge on any atom is 0.204 e. The van der Waals surface area contributed by atoms with Crippen molar-refractivity contribution < 1.29 is 0 Å². The minimum Gasteiger partial charge on any atom is -0.106 e. The third-order valence-electron chi connectivity index (χ3n) is 1.70. The van der Waals surface area contributed by atoms with Crippen LogP contribution in [0.15, 0.2) is 55.9 Å². The quantitative estimate of drug-likeness (QED) is 0.567. The highest BCUT2D eigenvalue weighted by Crippen LogP contribution is 2.25. The molecule has 0 unspecified atom stereocenters. The van der Waals surface area contributed by atoms with Gasteiger partial charge in [-0.2, -0.15) is 0 Å². The predicted molar refractivity (Wildman–Crippen MR) is 59.9 cm³/mol. The summed E-state index contributed by atoms with van der Waals surface area (Å²) in [6.07, 6.45) is 9.13. The van der Waals surface area contributed by atoms with Crippen molar-refractivity contribution in [1.29, 1.82) is 0 Å². The second-order valence-corrected chi connectivity index (χ2v) is 3.22. The second kappa shape index (κ2) is 6.01. The standard InChI is InChI=1S/C8H7N4.C3H8/c1-6-4-2-3-5-7(6)8-9-11-12-10-8;1-3-2/h2-5H,1H3;3H2,1-2H3. The molecule has 2 rings (SSSR count). The number of hydrogen-bond donors (Lipinski definition) is 0. The first-order valence-corrected chi connectivity index (χ1v) is 5.04. The summed E-state index contributed by atoms with van der Waals surface area (Å²) in [4.78, 5) is 0. The van der Waals surface area contributed by atoms with Crippen LogP contribution in [0.1, 0.15) is 27.2 Å². The average Bonchev–Trinajstić information content (AvgIpc) is 2.72. The summed E-state index contributed by atoms with van der Waals surface area (Å²) in [6, 6.07) is 0. The predicted octanol–water partition coefficient (Wildman–Crippen LogP) is 4.17. The van der Waals surface area contributed by atoms with Crippen LogP contribution in [-0.2, 0) is 0 Å². The van der Waals surface area contributed by atoms with Gasteiger partial charge in [-0.3, -0.25) is 0 Å². The van der Waals surface area contributed by atoms with Gasteiger partial charge in [0, 0.05) is 12.0 Å². The lowest BCUT2D eigenvalue weighted by Crippen LogP contribution is -1.92. The third kappa shape index (κ3) is 3.23. The highest BCUT2D eigenvalue weighted by atomic mass is 15.5. The Balaban J connectivity index is 0.000000337. The van der Waals surface area contributed by atoms with Crippen LogP contribution < -0.4 is 0 Å². The van der Waals surface area contributed by atoms with Crippen LogP contribution in [0, 0.1) is 6.42 Å². The molecular weight excluding hydrogens is 188 g/mol. The molecule has 79 valence electrons. The molecular formula is C11H15N4. The van der Waals surface area contributed by atoms with Crippen LogP contribution in [-0.4, -0.2) is 0 Å². The van der Waals surface area contributed by atoms with Crippen molar-refractivity contribution in [2.45, 2.75) is 27.2 Å². The SMILES string of the molecule is CC1=CC=C[CH]C1=C1N=NN=N1.CCC. The molecule has 0 aromatic carbocycles. The van der Waals surface area contributed by atoms with Gasteiger partial charge in [0.1, 0.15) is 0 Å². The number of rotatable bonds is 0. The van der Waals surface area contributed by atoms with E-state index in [1.807, 2.05) is 31.6 Å². The normalized spacial score (nSPS) is 17.7. The average molecular weight is 203 g/mol. The van der Waals surface area contributed by atoms with Crippen molar-refractivity contribution in [3.63, 3.8) is 0 Å². The smallest absolute Gasteiger partial charge is 0.106 e. The minimum absolute atomic E-state index is 0.591. The molecule has 0 fully saturated rings. The summed E-state index contributed by atoms with van der Waals surface area (Å²) >= 11 is 0. The molecule has 1 aliphatic heterocycles. The zero-order valence-electron chi connectivity index (χ0n) is 9.31. The van der Waals surface area contributed by atoms with E-state index in [0.717, 1.165) is 11.1 Å². The van der Waals surface area contributed by atoms with Gasteiger partial charge in [-0.05, 0) is 22.9 Å². The van der Waals surface area contributed by atoms with Crippen molar-refractivity contribution >= 4 is 0 Å². The topological polar surface area (TPSA) is 49.4 Å². The van der Waals surface area contributed by atoms with Gasteiger partial charge in [0.2, 0.25) is 5.82 Å². The third-order valence-corrected chi connectivity index (χ3v) is 1.70. The molecule has 0 atom stereocenters. The van der Waals surface area contributed by atoms with Gasteiger partial charge in [-0.1, -0.05) is 38.5 Å². The summed E-state index contributed by atoms with van der Waals surface area (Å²) in [5, 5.41) is 14.4. The van der Waals surface area contributed by atoms with Crippen molar-refractivity contribution in [3.05, 3.63) is 41.6 Å². The molecule has 4 nitrogen and oxygen atoms in total. The Kier molecular flexibility index (Phi) is 4.60. The van der Waals surface area contributed by atoms with E-state index in [0.29, 0.717) is 5.82 Å². The lowest BCUT2D eigenvalue weighted by molar-refractivity contribution is 1.06. The Morgan fingerprint density at radius 2 is 1.67 bits per heavy atom. The minimum atomic E-state index is 0.591. The Labute approximate surface area is 90.2 Å². The largest absolute Gasteiger partial charge is 0.204 e. The zero-order chi connectivity index (χ0) is 11.1. The maximum atomic E-state index is 3.78. The molecule has 1 heterocycles.